The molecule has 0 bridgehead atoms. The van der Waals surface area contributed by atoms with Gasteiger partial charge in [0.1, 0.15) is 5.82 Å². The van der Waals surface area contributed by atoms with Crippen molar-refractivity contribution in [3.8, 4) is 0 Å². The molecule has 0 amide bonds. The number of aliphatic carboxylic acids is 1. The maximum Gasteiger partial charge on any atom is 0.303 e. The molecule has 0 saturated carbocycles. The minimum Gasteiger partial charge on any atom is -0.481 e. The average molecular weight is 273 g/mol. The second kappa shape index (κ2) is 6.06. The van der Waals surface area contributed by atoms with E-state index in [-0.39, 0.29) is 18.4 Å². The highest BCUT2D eigenvalue weighted by Crippen LogP contribution is 2.16. The first kappa shape index (κ1) is 13.9. The lowest BCUT2D eigenvalue weighted by atomic mass is 10.00. The molecule has 0 unspecified atom stereocenters. The van der Waals surface area contributed by atoms with E-state index < -0.39 is 17.6 Å². The van der Waals surface area contributed by atoms with Crippen LogP contribution in [-0.4, -0.2) is 21.8 Å². The molecule has 1 heterocycles. The van der Waals surface area contributed by atoms with Gasteiger partial charge in [-0.05, 0) is 36.2 Å². The van der Waals surface area contributed by atoms with E-state index in [1.54, 1.807) is 0 Å². The van der Waals surface area contributed by atoms with Crippen LogP contribution in [0, 0.1) is 5.82 Å². The normalized spacial score (nSPS) is 10.2. The van der Waals surface area contributed by atoms with Gasteiger partial charge in [0.15, 0.2) is 5.78 Å². The van der Waals surface area contributed by atoms with E-state index in [1.807, 2.05) is 0 Å². The monoisotopic (exact) mass is 273 g/mol. The van der Waals surface area contributed by atoms with Crippen molar-refractivity contribution in [2.45, 2.75) is 12.8 Å². The maximum atomic E-state index is 13.8. The fourth-order valence-corrected chi connectivity index (χ4v) is 1.81. The molecule has 2 rings (SSSR count). The van der Waals surface area contributed by atoms with Crippen molar-refractivity contribution in [2.75, 3.05) is 0 Å². The highest BCUT2D eigenvalue weighted by atomic mass is 19.1. The first-order valence-electron chi connectivity index (χ1n) is 6.03. The van der Waals surface area contributed by atoms with Crippen LogP contribution in [0.1, 0.15) is 27.9 Å². The first-order chi connectivity index (χ1) is 9.58. The number of aromatic nitrogens is 1. The highest BCUT2D eigenvalue weighted by molar-refractivity contribution is 6.09. The number of benzene rings is 1. The van der Waals surface area contributed by atoms with Gasteiger partial charge in [-0.1, -0.05) is 6.07 Å². The van der Waals surface area contributed by atoms with Crippen LogP contribution in [0.4, 0.5) is 4.39 Å². The number of ketones is 1. The number of carboxylic acids is 1. The lowest BCUT2D eigenvalue weighted by Crippen LogP contribution is -2.06. The third-order valence-electron chi connectivity index (χ3n) is 2.85. The van der Waals surface area contributed by atoms with E-state index in [2.05, 4.69) is 4.98 Å². The third kappa shape index (κ3) is 3.26. The Morgan fingerprint density at radius 2 is 1.85 bits per heavy atom. The minimum absolute atomic E-state index is 0.0564. The van der Waals surface area contributed by atoms with Crippen LogP contribution in [0.15, 0.2) is 42.7 Å². The zero-order valence-electron chi connectivity index (χ0n) is 10.5. The summed E-state index contributed by atoms with van der Waals surface area (Å²) in [6.07, 6.45) is 3.11. The van der Waals surface area contributed by atoms with Crippen LogP contribution in [0.5, 0.6) is 0 Å². The van der Waals surface area contributed by atoms with Gasteiger partial charge in [0.05, 0.1) is 5.56 Å². The summed E-state index contributed by atoms with van der Waals surface area (Å²) in [5, 5.41) is 8.64. The summed E-state index contributed by atoms with van der Waals surface area (Å²) < 4.78 is 13.8. The fraction of sp³-hybridized carbons (Fsp3) is 0.133. The zero-order chi connectivity index (χ0) is 14.5. The Labute approximate surface area is 114 Å². The maximum absolute atomic E-state index is 13.8. The molecule has 0 aliphatic heterocycles. The minimum atomic E-state index is -0.934. The molecule has 1 aromatic heterocycles. The molecule has 102 valence electrons. The van der Waals surface area contributed by atoms with Crippen LogP contribution >= 0.6 is 0 Å². The van der Waals surface area contributed by atoms with Gasteiger partial charge >= 0.3 is 5.97 Å². The second-order valence-electron chi connectivity index (χ2n) is 4.27. The Hall–Kier alpha value is -2.56. The Kier molecular flexibility index (Phi) is 4.20. The van der Waals surface area contributed by atoms with Crippen LogP contribution in [0.3, 0.4) is 0 Å². The molecule has 5 heteroatoms. The van der Waals surface area contributed by atoms with Crippen molar-refractivity contribution >= 4 is 11.8 Å². The number of carboxylic acid groups (broad SMARTS) is 1. The van der Waals surface area contributed by atoms with Crippen molar-refractivity contribution in [1.82, 2.24) is 4.98 Å². The molecular formula is C15H12FNO3. The standard InChI is InChI=1S/C15H12FNO3/c16-13-3-1-10(2-4-14(18)19)9-12(13)15(20)11-5-7-17-8-6-11/h1,3,5-9H,2,4H2,(H,18,19). The number of halogens is 1. The molecule has 0 spiro atoms. The van der Waals surface area contributed by atoms with Gasteiger partial charge in [-0.3, -0.25) is 14.6 Å². The zero-order valence-corrected chi connectivity index (χ0v) is 10.5. The van der Waals surface area contributed by atoms with Gasteiger partial charge in [-0.15, -0.1) is 0 Å². The van der Waals surface area contributed by atoms with Crippen molar-refractivity contribution in [3.63, 3.8) is 0 Å². The number of carbonyl (C=O) groups is 2. The van der Waals surface area contributed by atoms with E-state index in [9.17, 15) is 14.0 Å². The largest absolute Gasteiger partial charge is 0.481 e. The van der Waals surface area contributed by atoms with E-state index in [4.69, 9.17) is 5.11 Å². The molecule has 0 fully saturated rings. The van der Waals surface area contributed by atoms with Crippen LogP contribution in [-0.2, 0) is 11.2 Å². The smallest absolute Gasteiger partial charge is 0.303 e. The topological polar surface area (TPSA) is 67.3 Å². The van der Waals surface area contributed by atoms with Gasteiger partial charge in [0.25, 0.3) is 0 Å². The van der Waals surface area contributed by atoms with Gasteiger partial charge < -0.3 is 5.11 Å². The summed E-state index contributed by atoms with van der Waals surface area (Å²) in [6, 6.07) is 7.09. The number of hydrogen-bond donors (Lipinski definition) is 1. The molecule has 0 saturated heterocycles. The number of hydrogen-bond acceptors (Lipinski definition) is 3. The van der Waals surface area contributed by atoms with Gasteiger partial charge in [0.2, 0.25) is 0 Å². The lowest BCUT2D eigenvalue weighted by molar-refractivity contribution is -0.136. The summed E-state index contributed by atoms with van der Waals surface area (Å²) in [5.74, 6) is -2.00. The molecule has 0 radical (unpaired) electrons. The molecule has 0 atom stereocenters. The van der Waals surface area contributed by atoms with Crippen LogP contribution in [0.2, 0.25) is 0 Å². The van der Waals surface area contributed by atoms with Gasteiger partial charge in [-0.25, -0.2) is 4.39 Å². The summed E-state index contributed by atoms with van der Waals surface area (Å²) in [7, 11) is 0. The number of carbonyl (C=O) groups excluding carboxylic acids is 1. The predicted molar refractivity (Wildman–Crippen MR) is 70.0 cm³/mol. The summed E-state index contributed by atoms with van der Waals surface area (Å²) in [4.78, 5) is 26.5. The second-order valence-corrected chi connectivity index (χ2v) is 4.27. The van der Waals surface area contributed by atoms with Crippen molar-refractivity contribution in [3.05, 3.63) is 65.2 Å². The van der Waals surface area contributed by atoms with E-state index in [0.29, 0.717) is 11.1 Å². The predicted octanol–water partition coefficient (Wildman–Crippen LogP) is 2.47. The van der Waals surface area contributed by atoms with Crippen molar-refractivity contribution in [2.24, 2.45) is 0 Å². The quantitative estimate of drug-likeness (QED) is 0.850. The summed E-state index contributed by atoms with van der Waals surface area (Å²) >= 11 is 0. The number of aryl methyl sites for hydroxylation is 1. The van der Waals surface area contributed by atoms with E-state index in [0.717, 1.165) is 0 Å². The number of rotatable bonds is 5. The molecule has 1 aromatic carbocycles. The molecular weight excluding hydrogens is 261 g/mol. The molecule has 0 aliphatic rings. The lowest BCUT2D eigenvalue weighted by Gasteiger charge is -2.05. The van der Waals surface area contributed by atoms with Crippen LogP contribution < -0.4 is 0 Å². The molecule has 20 heavy (non-hydrogen) atoms. The summed E-state index contributed by atoms with van der Waals surface area (Å²) in [5.41, 5.74) is 0.902. The molecule has 0 aliphatic carbocycles. The Bertz CT molecular complexity index is 641. The summed E-state index contributed by atoms with van der Waals surface area (Å²) in [6.45, 7) is 0. The highest BCUT2D eigenvalue weighted by Gasteiger charge is 2.14. The van der Waals surface area contributed by atoms with Crippen molar-refractivity contribution < 1.29 is 19.1 Å². The molecule has 4 nitrogen and oxygen atoms in total. The SMILES string of the molecule is O=C(O)CCc1ccc(F)c(C(=O)c2ccncc2)c1. The third-order valence-corrected chi connectivity index (χ3v) is 2.85. The number of pyridine rings is 1. The first-order valence-corrected chi connectivity index (χ1v) is 6.03. The Balaban J connectivity index is 2.29. The Morgan fingerprint density at radius 3 is 2.50 bits per heavy atom. The fourth-order valence-electron chi connectivity index (χ4n) is 1.81. The van der Waals surface area contributed by atoms with E-state index in [1.165, 1.54) is 42.7 Å². The number of nitrogens with zero attached hydrogens (tertiary/aromatic N) is 1. The molecule has 2 aromatic rings. The van der Waals surface area contributed by atoms with Gasteiger partial charge in [-0.2, -0.15) is 0 Å². The van der Waals surface area contributed by atoms with E-state index >= 15 is 0 Å². The molecule has 1 N–H and O–H groups in total. The average Bonchev–Trinajstić information content (AvgIpc) is 2.46. The van der Waals surface area contributed by atoms with Crippen molar-refractivity contribution in [1.29, 1.82) is 0 Å². The van der Waals surface area contributed by atoms with Gasteiger partial charge in [0, 0.05) is 24.4 Å². The Morgan fingerprint density at radius 1 is 1.15 bits per heavy atom. The van der Waals surface area contributed by atoms with Crippen LogP contribution in [0.25, 0.3) is 0 Å².